The SMILES string of the molecule is CC1(C)c2cc(-c3ccc(-c4cccnc4)cc3)ccc2-c2ccc(-c3cc(-c4ccccc4)nc(-c4ccccc4)n3)cc21. The summed E-state index contributed by atoms with van der Waals surface area (Å²) in [6, 6.07) is 49.3. The third kappa shape index (κ3) is 4.83. The zero-order chi connectivity index (χ0) is 30.4. The van der Waals surface area contributed by atoms with Crippen molar-refractivity contribution in [3.8, 4) is 67.3 Å². The monoisotopic (exact) mass is 577 g/mol. The zero-order valence-electron chi connectivity index (χ0n) is 25.3. The highest BCUT2D eigenvalue weighted by Gasteiger charge is 2.36. The normalized spacial score (nSPS) is 12.8. The molecule has 0 atom stereocenters. The third-order valence-electron chi connectivity index (χ3n) is 9.01. The second kappa shape index (κ2) is 10.8. The fourth-order valence-corrected chi connectivity index (χ4v) is 6.53. The molecule has 3 heteroatoms. The lowest BCUT2D eigenvalue weighted by atomic mass is 9.81. The van der Waals surface area contributed by atoms with Gasteiger partial charge in [0.05, 0.1) is 11.4 Å². The van der Waals surface area contributed by atoms with Crippen molar-refractivity contribution in [2.45, 2.75) is 19.3 Å². The predicted molar refractivity (Wildman–Crippen MR) is 185 cm³/mol. The number of benzene rings is 5. The van der Waals surface area contributed by atoms with Gasteiger partial charge in [0.2, 0.25) is 0 Å². The van der Waals surface area contributed by atoms with Crippen LogP contribution in [0.15, 0.2) is 152 Å². The van der Waals surface area contributed by atoms with Gasteiger partial charge in [-0.15, -0.1) is 0 Å². The van der Waals surface area contributed by atoms with Crippen LogP contribution in [0.3, 0.4) is 0 Å². The second-order valence-corrected chi connectivity index (χ2v) is 12.2. The smallest absolute Gasteiger partial charge is 0.160 e. The molecule has 1 aliphatic carbocycles. The molecule has 7 aromatic rings. The molecule has 2 aromatic heterocycles. The highest BCUT2D eigenvalue weighted by atomic mass is 14.9. The average Bonchev–Trinajstić information content (AvgIpc) is 3.34. The maximum Gasteiger partial charge on any atom is 0.160 e. The molecule has 45 heavy (non-hydrogen) atoms. The van der Waals surface area contributed by atoms with Crippen molar-refractivity contribution in [2.24, 2.45) is 0 Å². The van der Waals surface area contributed by atoms with E-state index in [0.717, 1.165) is 39.5 Å². The number of nitrogens with zero attached hydrogens (tertiary/aromatic N) is 3. The Morgan fingerprint density at radius 1 is 0.422 bits per heavy atom. The van der Waals surface area contributed by atoms with E-state index >= 15 is 0 Å². The minimum atomic E-state index is -0.163. The molecule has 0 saturated carbocycles. The Morgan fingerprint density at radius 2 is 0.933 bits per heavy atom. The largest absolute Gasteiger partial charge is 0.264 e. The van der Waals surface area contributed by atoms with Crippen molar-refractivity contribution in [3.05, 3.63) is 163 Å². The van der Waals surface area contributed by atoms with Gasteiger partial charge in [-0.1, -0.05) is 129 Å². The predicted octanol–water partition coefficient (Wildman–Crippen LogP) is 10.5. The first kappa shape index (κ1) is 26.9. The summed E-state index contributed by atoms with van der Waals surface area (Å²) in [7, 11) is 0. The molecule has 3 nitrogen and oxygen atoms in total. The summed E-state index contributed by atoms with van der Waals surface area (Å²) in [5, 5.41) is 0. The molecule has 0 fully saturated rings. The lowest BCUT2D eigenvalue weighted by Crippen LogP contribution is -2.15. The fraction of sp³-hybridized carbons (Fsp3) is 0.0714. The van der Waals surface area contributed by atoms with E-state index in [1.807, 2.05) is 42.7 Å². The Bertz CT molecular complexity index is 2090. The maximum atomic E-state index is 5.09. The van der Waals surface area contributed by atoms with Crippen LogP contribution < -0.4 is 0 Å². The van der Waals surface area contributed by atoms with Crippen molar-refractivity contribution in [3.63, 3.8) is 0 Å². The van der Waals surface area contributed by atoms with Crippen LogP contribution in [0.4, 0.5) is 0 Å². The molecule has 5 aromatic carbocycles. The van der Waals surface area contributed by atoms with Gasteiger partial charge in [-0.3, -0.25) is 4.98 Å². The summed E-state index contributed by atoms with van der Waals surface area (Å²) in [5.41, 5.74) is 14.8. The van der Waals surface area contributed by atoms with Crippen molar-refractivity contribution in [1.29, 1.82) is 0 Å². The molecule has 2 heterocycles. The molecule has 0 saturated heterocycles. The first-order valence-corrected chi connectivity index (χ1v) is 15.4. The summed E-state index contributed by atoms with van der Waals surface area (Å²) in [4.78, 5) is 14.3. The molecule has 0 spiro atoms. The van der Waals surface area contributed by atoms with Crippen LogP contribution in [0.2, 0.25) is 0 Å². The number of fused-ring (bicyclic) bond motifs is 3. The van der Waals surface area contributed by atoms with Crippen molar-refractivity contribution in [2.75, 3.05) is 0 Å². The molecule has 1 aliphatic rings. The molecular formula is C42H31N3. The number of pyridine rings is 1. The minimum Gasteiger partial charge on any atom is -0.264 e. The van der Waals surface area contributed by atoms with Gasteiger partial charge in [0, 0.05) is 34.5 Å². The van der Waals surface area contributed by atoms with E-state index in [1.54, 1.807) is 0 Å². The number of aromatic nitrogens is 3. The van der Waals surface area contributed by atoms with Crippen molar-refractivity contribution in [1.82, 2.24) is 15.0 Å². The Labute approximate surface area is 264 Å². The van der Waals surface area contributed by atoms with E-state index < -0.39 is 0 Å². The van der Waals surface area contributed by atoms with Gasteiger partial charge in [-0.05, 0) is 68.8 Å². The summed E-state index contributed by atoms with van der Waals surface area (Å²) < 4.78 is 0. The number of hydrogen-bond acceptors (Lipinski definition) is 3. The van der Waals surface area contributed by atoms with Gasteiger partial charge in [-0.2, -0.15) is 0 Å². The lowest BCUT2D eigenvalue weighted by Gasteiger charge is -2.22. The van der Waals surface area contributed by atoms with Crippen LogP contribution in [-0.4, -0.2) is 15.0 Å². The molecule has 0 amide bonds. The van der Waals surface area contributed by atoms with E-state index in [-0.39, 0.29) is 5.41 Å². The molecule has 0 radical (unpaired) electrons. The Kier molecular flexibility index (Phi) is 6.46. The number of rotatable bonds is 5. The van der Waals surface area contributed by atoms with Gasteiger partial charge < -0.3 is 0 Å². The standard InChI is InChI=1S/C42H31N3/c1-42(2)37-24-32(28-15-17-29(18-16-28)34-14-9-23-43-27-34)19-21-35(37)36-22-20-33(25-38(36)42)40-26-39(30-10-5-3-6-11-30)44-41(45-40)31-12-7-4-8-13-31/h3-27H,1-2H3. The fourth-order valence-electron chi connectivity index (χ4n) is 6.53. The summed E-state index contributed by atoms with van der Waals surface area (Å²) in [6.45, 7) is 4.67. The van der Waals surface area contributed by atoms with Crippen molar-refractivity contribution < 1.29 is 0 Å². The van der Waals surface area contributed by atoms with E-state index in [1.165, 1.54) is 38.9 Å². The van der Waals surface area contributed by atoms with E-state index in [9.17, 15) is 0 Å². The Morgan fingerprint density at radius 3 is 1.56 bits per heavy atom. The van der Waals surface area contributed by atoms with Crippen LogP contribution in [0.1, 0.15) is 25.0 Å². The van der Waals surface area contributed by atoms with Crippen LogP contribution in [0.5, 0.6) is 0 Å². The molecule has 0 aliphatic heterocycles. The van der Waals surface area contributed by atoms with Crippen LogP contribution >= 0.6 is 0 Å². The summed E-state index contributed by atoms with van der Waals surface area (Å²) >= 11 is 0. The highest BCUT2D eigenvalue weighted by Crippen LogP contribution is 2.50. The molecule has 8 rings (SSSR count). The molecule has 0 N–H and O–H groups in total. The van der Waals surface area contributed by atoms with E-state index in [4.69, 9.17) is 9.97 Å². The first-order valence-electron chi connectivity index (χ1n) is 15.4. The molecular weight excluding hydrogens is 546 g/mol. The van der Waals surface area contributed by atoms with Crippen LogP contribution in [0, 0.1) is 0 Å². The lowest BCUT2D eigenvalue weighted by molar-refractivity contribution is 0.661. The molecule has 0 bridgehead atoms. The molecule has 0 unspecified atom stereocenters. The van der Waals surface area contributed by atoms with Crippen LogP contribution in [-0.2, 0) is 5.41 Å². The van der Waals surface area contributed by atoms with E-state index in [2.05, 4.69) is 128 Å². The van der Waals surface area contributed by atoms with Gasteiger partial charge in [0.1, 0.15) is 0 Å². The quantitative estimate of drug-likeness (QED) is 0.204. The van der Waals surface area contributed by atoms with E-state index in [0.29, 0.717) is 0 Å². The highest BCUT2D eigenvalue weighted by molar-refractivity contribution is 5.86. The zero-order valence-corrected chi connectivity index (χ0v) is 25.3. The third-order valence-corrected chi connectivity index (χ3v) is 9.01. The molecule has 214 valence electrons. The summed E-state index contributed by atoms with van der Waals surface area (Å²) in [5.74, 6) is 0.731. The van der Waals surface area contributed by atoms with Gasteiger partial charge in [0.25, 0.3) is 0 Å². The number of hydrogen-bond donors (Lipinski definition) is 0. The van der Waals surface area contributed by atoms with Gasteiger partial charge in [0.15, 0.2) is 5.82 Å². The second-order valence-electron chi connectivity index (χ2n) is 12.2. The van der Waals surface area contributed by atoms with Crippen LogP contribution in [0.25, 0.3) is 67.3 Å². The Balaban J connectivity index is 1.18. The van der Waals surface area contributed by atoms with Crippen molar-refractivity contribution >= 4 is 0 Å². The minimum absolute atomic E-state index is 0.163. The first-order chi connectivity index (χ1) is 22.0. The maximum absolute atomic E-state index is 5.09. The van der Waals surface area contributed by atoms with Gasteiger partial charge in [-0.25, -0.2) is 9.97 Å². The average molecular weight is 578 g/mol. The van der Waals surface area contributed by atoms with Gasteiger partial charge >= 0.3 is 0 Å². The Hall–Kier alpha value is -5.67. The summed E-state index contributed by atoms with van der Waals surface area (Å²) in [6.07, 6.45) is 3.72. The topological polar surface area (TPSA) is 38.7 Å².